The minimum atomic E-state index is -0.410. The minimum Gasteiger partial charge on any atom is -0.378 e. The average molecular weight is 523 g/mol. The fourth-order valence-electron chi connectivity index (χ4n) is 5.91. The highest BCUT2D eigenvalue weighted by Gasteiger charge is 2.44. The Morgan fingerprint density at radius 3 is 2.44 bits per heavy atom. The first-order valence-electron chi connectivity index (χ1n) is 13.4. The van der Waals surface area contributed by atoms with Gasteiger partial charge in [-0.3, -0.25) is 14.9 Å². The van der Waals surface area contributed by atoms with E-state index in [1.807, 2.05) is 53.4 Å². The molecule has 2 aliphatic heterocycles. The van der Waals surface area contributed by atoms with Crippen LogP contribution in [0.25, 0.3) is 6.08 Å². The number of hydrogen-bond acceptors (Lipinski definition) is 6. The van der Waals surface area contributed by atoms with Gasteiger partial charge in [-0.05, 0) is 54.2 Å². The Balaban J connectivity index is 1.39. The van der Waals surface area contributed by atoms with Gasteiger partial charge in [0, 0.05) is 30.6 Å². The lowest BCUT2D eigenvalue weighted by Gasteiger charge is -2.30. The van der Waals surface area contributed by atoms with E-state index in [-0.39, 0.29) is 29.1 Å². The van der Waals surface area contributed by atoms with Crippen molar-refractivity contribution in [2.45, 2.75) is 25.3 Å². The molecule has 198 valence electrons. The van der Waals surface area contributed by atoms with Crippen molar-refractivity contribution in [1.82, 2.24) is 5.01 Å². The Bertz CT molecular complexity index is 1430. The third kappa shape index (κ3) is 4.95. The van der Waals surface area contributed by atoms with Gasteiger partial charge in [0.25, 0.3) is 11.6 Å². The van der Waals surface area contributed by atoms with Gasteiger partial charge in [0.1, 0.15) is 5.69 Å². The number of fused-ring (bicyclic) bond motifs is 1. The first kappa shape index (κ1) is 25.0. The molecule has 3 aromatic rings. The Labute approximate surface area is 227 Å². The molecule has 2 heterocycles. The molecule has 1 aliphatic carbocycles. The van der Waals surface area contributed by atoms with E-state index in [0.29, 0.717) is 32.0 Å². The number of carbonyl (C=O) groups excluding carboxylic acids is 1. The van der Waals surface area contributed by atoms with E-state index in [9.17, 15) is 14.9 Å². The lowest BCUT2D eigenvalue weighted by atomic mass is 9.77. The van der Waals surface area contributed by atoms with Gasteiger partial charge in [0.2, 0.25) is 0 Å². The quantitative estimate of drug-likeness (QED) is 0.309. The summed E-state index contributed by atoms with van der Waals surface area (Å²) in [5, 5.41) is 18.6. The number of allylic oxidation sites excluding steroid dienone is 1. The number of hydrogen-bond donors (Lipinski definition) is 0. The second kappa shape index (κ2) is 10.8. The molecule has 1 saturated carbocycles. The number of hydrazone groups is 1. The molecule has 2 atom stereocenters. The number of nitro benzene ring substituents is 1. The van der Waals surface area contributed by atoms with Crippen LogP contribution >= 0.6 is 0 Å². The number of benzene rings is 3. The standard InChI is InChI=1S/C31H30N4O4/c36-31(25-14-15-27(28(21-25)35(37)38)33-16-18-39-19-17-33)34-30(23-10-5-2-6-11-23)26-13-7-12-24(29(26)32-34)20-22-8-3-1-4-9-22/h1-6,8-11,14-15,20-21,26,30H,7,12-13,16-19H2/b24-20-/t26-,30+/m1/s1. The van der Waals surface area contributed by atoms with Gasteiger partial charge in [-0.1, -0.05) is 60.7 Å². The molecular weight excluding hydrogens is 492 g/mol. The maximum atomic E-state index is 14.0. The molecule has 0 bridgehead atoms. The minimum absolute atomic E-state index is 0.0580. The lowest BCUT2D eigenvalue weighted by molar-refractivity contribution is -0.384. The van der Waals surface area contributed by atoms with Crippen LogP contribution in [0.5, 0.6) is 0 Å². The van der Waals surface area contributed by atoms with E-state index in [0.717, 1.165) is 41.7 Å². The Morgan fingerprint density at radius 1 is 1.00 bits per heavy atom. The predicted molar refractivity (Wildman–Crippen MR) is 151 cm³/mol. The van der Waals surface area contributed by atoms with Crippen molar-refractivity contribution < 1.29 is 14.5 Å². The summed E-state index contributed by atoms with van der Waals surface area (Å²) in [6.45, 7) is 2.18. The topological polar surface area (TPSA) is 88.3 Å². The van der Waals surface area contributed by atoms with Crippen molar-refractivity contribution in [2.75, 3.05) is 31.2 Å². The van der Waals surface area contributed by atoms with E-state index in [4.69, 9.17) is 9.84 Å². The summed E-state index contributed by atoms with van der Waals surface area (Å²) in [5.41, 5.74) is 4.88. The zero-order valence-electron chi connectivity index (χ0n) is 21.6. The van der Waals surface area contributed by atoms with E-state index in [2.05, 4.69) is 18.2 Å². The van der Waals surface area contributed by atoms with Crippen LogP contribution < -0.4 is 4.90 Å². The maximum absolute atomic E-state index is 14.0. The summed E-state index contributed by atoms with van der Waals surface area (Å²) in [7, 11) is 0. The highest BCUT2D eigenvalue weighted by atomic mass is 16.6. The summed E-state index contributed by atoms with van der Waals surface area (Å²) >= 11 is 0. The number of morpholine rings is 1. The molecule has 0 spiro atoms. The third-order valence-corrected chi connectivity index (χ3v) is 7.76. The molecule has 0 radical (unpaired) electrons. The van der Waals surface area contributed by atoms with E-state index >= 15 is 0 Å². The Morgan fingerprint density at radius 2 is 1.72 bits per heavy atom. The predicted octanol–water partition coefficient (Wildman–Crippen LogP) is 5.87. The van der Waals surface area contributed by atoms with Crippen LogP contribution in [-0.4, -0.2) is 47.9 Å². The van der Waals surface area contributed by atoms with E-state index in [1.165, 1.54) is 6.07 Å². The van der Waals surface area contributed by atoms with Crippen LogP contribution in [0.3, 0.4) is 0 Å². The van der Waals surface area contributed by atoms with Gasteiger partial charge >= 0.3 is 0 Å². The van der Waals surface area contributed by atoms with Crippen molar-refractivity contribution in [3.8, 4) is 0 Å². The zero-order valence-corrected chi connectivity index (χ0v) is 21.6. The molecule has 8 nitrogen and oxygen atoms in total. The third-order valence-electron chi connectivity index (χ3n) is 7.76. The van der Waals surface area contributed by atoms with Gasteiger partial charge in [0.05, 0.1) is 29.9 Å². The van der Waals surface area contributed by atoms with E-state index < -0.39 is 4.92 Å². The van der Waals surface area contributed by atoms with Crippen LogP contribution in [0.15, 0.2) is 89.5 Å². The number of anilines is 1. The number of nitrogens with zero attached hydrogens (tertiary/aromatic N) is 4. The molecule has 39 heavy (non-hydrogen) atoms. The van der Waals surface area contributed by atoms with Crippen LogP contribution in [-0.2, 0) is 4.74 Å². The highest BCUT2D eigenvalue weighted by molar-refractivity contribution is 6.09. The Hall–Kier alpha value is -4.30. The number of nitro groups is 1. The monoisotopic (exact) mass is 522 g/mol. The summed E-state index contributed by atoms with van der Waals surface area (Å²) in [6, 6.07) is 24.6. The normalized spacial score (nSPS) is 21.9. The fourth-order valence-corrected chi connectivity index (χ4v) is 5.91. The summed E-state index contributed by atoms with van der Waals surface area (Å²) in [5.74, 6) is -0.274. The zero-order chi connectivity index (χ0) is 26.8. The van der Waals surface area contributed by atoms with Gasteiger partial charge in [-0.15, -0.1) is 0 Å². The molecule has 1 amide bonds. The highest BCUT2D eigenvalue weighted by Crippen LogP contribution is 2.45. The number of ether oxygens (including phenoxy) is 1. The molecule has 3 aromatic carbocycles. The van der Waals surface area contributed by atoms with Crippen LogP contribution in [0.2, 0.25) is 0 Å². The molecule has 8 heteroatoms. The molecule has 0 N–H and O–H groups in total. The second-order valence-corrected chi connectivity index (χ2v) is 10.1. The van der Waals surface area contributed by atoms with Gasteiger partial charge in [0.15, 0.2) is 0 Å². The number of amides is 1. The summed E-state index contributed by atoms with van der Waals surface area (Å²) < 4.78 is 5.41. The molecule has 2 fully saturated rings. The molecule has 6 rings (SSSR count). The first-order valence-corrected chi connectivity index (χ1v) is 13.4. The van der Waals surface area contributed by atoms with Crippen molar-refractivity contribution in [2.24, 2.45) is 11.0 Å². The van der Waals surface area contributed by atoms with Gasteiger partial charge in [-0.25, -0.2) is 5.01 Å². The maximum Gasteiger partial charge on any atom is 0.293 e. The average Bonchev–Trinajstić information content (AvgIpc) is 3.38. The number of rotatable bonds is 5. The second-order valence-electron chi connectivity index (χ2n) is 10.1. The molecular formula is C31H30N4O4. The van der Waals surface area contributed by atoms with E-state index in [1.54, 1.807) is 17.1 Å². The molecule has 3 aliphatic rings. The fraction of sp³-hybridized carbons (Fsp3) is 0.290. The van der Waals surface area contributed by atoms with Crippen molar-refractivity contribution in [3.05, 3.63) is 111 Å². The Kier molecular flexibility index (Phi) is 6.94. The SMILES string of the molecule is O=C(c1ccc(N2CCOCC2)c([N+](=O)[O-])c1)N1N=C2/C(=C\c3ccccc3)CCC[C@H]2[C@@H]1c1ccccc1. The smallest absolute Gasteiger partial charge is 0.293 e. The molecule has 1 saturated heterocycles. The molecule has 0 aromatic heterocycles. The van der Waals surface area contributed by atoms with Crippen LogP contribution in [0.1, 0.15) is 46.8 Å². The summed E-state index contributed by atoms with van der Waals surface area (Å²) in [6.07, 6.45) is 4.99. The van der Waals surface area contributed by atoms with Crippen molar-refractivity contribution in [1.29, 1.82) is 0 Å². The molecule has 0 unspecified atom stereocenters. The van der Waals surface area contributed by atoms with Crippen LogP contribution in [0.4, 0.5) is 11.4 Å². The van der Waals surface area contributed by atoms with Crippen LogP contribution in [0, 0.1) is 16.0 Å². The van der Waals surface area contributed by atoms with Gasteiger partial charge in [-0.2, -0.15) is 5.10 Å². The van der Waals surface area contributed by atoms with Crippen molar-refractivity contribution in [3.63, 3.8) is 0 Å². The van der Waals surface area contributed by atoms with Gasteiger partial charge < -0.3 is 9.64 Å². The number of carbonyl (C=O) groups is 1. The largest absolute Gasteiger partial charge is 0.378 e. The lowest BCUT2D eigenvalue weighted by Crippen LogP contribution is -2.36. The summed E-state index contributed by atoms with van der Waals surface area (Å²) in [4.78, 5) is 27.6. The first-order chi connectivity index (χ1) is 19.1. The van der Waals surface area contributed by atoms with Crippen molar-refractivity contribution >= 4 is 29.1 Å².